The molecule has 2 aliphatic carbocycles. The number of carbonyl (C=O) groups is 1. The molecule has 3 heterocycles. The van der Waals surface area contributed by atoms with Gasteiger partial charge in [-0.2, -0.15) is 5.10 Å². The molecule has 0 radical (unpaired) electrons. The van der Waals surface area contributed by atoms with Crippen LogP contribution in [0.3, 0.4) is 0 Å². The Bertz CT molecular complexity index is 1530. The zero-order valence-corrected chi connectivity index (χ0v) is 20.7. The first-order chi connectivity index (χ1) is 17.4. The van der Waals surface area contributed by atoms with Crippen LogP contribution in [0.1, 0.15) is 84.4 Å². The first kappa shape index (κ1) is 21.7. The van der Waals surface area contributed by atoms with Crippen molar-refractivity contribution in [3.63, 3.8) is 0 Å². The molecular formula is C30H29FN4O. The number of aromatic nitrogens is 3. The second-order valence-corrected chi connectivity index (χ2v) is 11.0. The highest BCUT2D eigenvalue weighted by atomic mass is 19.1. The van der Waals surface area contributed by atoms with Crippen molar-refractivity contribution in [2.45, 2.75) is 63.3 Å². The van der Waals surface area contributed by atoms with Gasteiger partial charge in [0, 0.05) is 23.6 Å². The van der Waals surface area contributed by atoms with Crippen molar-refractivity contribution in [2.24, 2.45) is 0 Å². The van der Waals surface area contributed by atoms with E-state index in [1.165, 1.54) is 11.1 Å². The molecule has 0 saturated heterocycles. The molecule has 1 atom stereocenters. The van der Waals surface area contributed by atoms with E-state index in [0.717, 1.165) is 43.4 Å². The van der Waals surface area contributed by atoms with Gasteiger partial charge < -0.3 is 4.90 Å². The fourth-order valence-corrected chi connectivity index (χ4v) is 5.70. The van der Waals surface area contributed by atoms with Crippen LogP contribution >= 0.6 is 0 Å². The predicted octanol–water partition coefficient (Wildman–Crippen LogP) is 6.22. The SMILES string of the molecule is CC1c2ccccc2CCN1C(=O)c1cc(C2(C)CC2)n2nc(-c3ccc(C4CC4)cc3F)cc2n1. The molecule has 1 aliphatic heterocycles. The molecule has 2 saturated carbocycles. The minimum Gasteiger partial charge on any atom is -0.330 e. The molecule has 0 N–H and O–H groups in total. The summed E-state index contributed by atoms with van der Waals surface area (Å²) >= 11 is 0. The second kappa shape index (κ2) is 7.73. The Morgan fingerprint density at radius 3 is 2.64 bits per heavy atom. The fraction of sp³-hybridized carbons (Fsp3) is 0.367. The first-order valence-electron chi connectivity index (χ1n) is 13.0. The number of rotatable bonds is 4. The van der Waals surface area contributed by atoms with Crippen LogP contribution < -0.4 is 0 Å². The highest BCUT2D eigenvalue weighted by Crippen LogP contribution is 2.48. The van der Waals surface area contributed by atoms with E-state index in [-0.39, 0.29) is 23.2 Å². The Morgan fingerprint density at radius 2 is 1.89 bits per heavy atom. The van der Waals surface area contributed by atoms with E-state index < -0.39 is 0 Å². The van der Waals surface area contributed by atoms with Gasteiger partial charge in [-0.15, -0.1) is 0 Å². The molecule has 36 heavy (non-hydrogen) atoms. The topological polar surface area (TPSA) is 50.5 Å². The molecular weight excluding hydrogens is 451 g/mol. The van der Waals surface area contributed by atoms with Gasteiger partial charge in [-0.1, -0.05) is 37.3 Å². The molecule has 6 heteroatoms. The van der Waals surface area contributed by atoms with Crippen LogP contribution in [0, 0.1) is 5.82 Å². The van der Waals surface area contributed by atoms with Crippen LogP contribution in [-0.2, 0) is 11.8 Å². The zero-order valence-electron chi connectivity index (χ0n) is 20.7. The Balaban J connectivity index is 1.29. The maximum Gasteiger partial charge on any atom is 0.273 e. The fourth-order valence-electron chi connectivity index (χ4n) is 5.70. The molecule has 5 nitrogen and oxygen atoms in total. The predicted molar refractivity (Wildman–Crippen MR) is 137 cm³/mol. The summed E-state index contributed by atoms with van der Waals surface area (Å²) in [5.41, 5.74) is 6.56. The minimum atomic E-state index is -0.251. The van der Waals surface area contributed by atoms with Crippen LogP contribution in [0.4, 0.5) is 4.39 Å². The van der Waals surface area contributed by atoms with Gasteiger partial charge in [0.1, 0.15) is 11.5 Å². The molecule has 4 aromatic rings. The quantitative estimate of drug-likeness (QED) is 0.348. The standard InChI is InChI=1S/C30H29FN4O/c1-18-22-6-4-3-5-20(22)11-14-34(18)29(36)26-16-27(30(2)12-13-30)35-28(32-26)17-25(33-35)23-10-9-21(15-24(23)31)19-7-8-19/h3-6,9-10,15-19H,7-8,11-14H2,1-2H3. The van der Waals surface area contributed by atoms with Crippen LogP contribution in [0.25, 0.3) is 16.9 Å². The van der Waals surface area contributed by atoms with E-state index in [1.54, 1.807) is 6.07 Å². The highest BCUT2D eigenvalue weighted by Gasteiger charge is 2.42. The summed E-state index contributed by atoms with van der Waals surface area (Å²) in [4.78, 5) is 20.5. The van der Waals surface area contributed by atoms with E-state index in [2.05, 4.69) is 32.0 Å². The summed E-state index contributed by atoms with van der Waals surface area (Å²) in [7, 11) is 0. The van der Waals surface area contributed by atoms with Gasteiger partial charge in [-0.3, -0.25) is 4.79 Å². The third-order valence-corrected chi connectivity index (χ3v) is 8.44. The van der Waals surface area contributed by atoms with Crippen molar-refractivity contribution < 1.29 is 9.18 Å². The van der Waals surface area contributed by atoms with Crippen molar-refractivity contribution >= 4 is 11.6 Å². The average Bonchev–Trinajstić information content (AvgIpc) is 3.82. The van der Waals surface area contributed by atoms with Gasteiger partial charge in [-0.05, 0) is 79.8 Å². The van der Waals surface area contributed by atoms with Gasteiger partial charge in [0.2, 0.25) is 0 Å². The number of carbonyl (C=O) groups excluding carboxylic acids is 1. The third kappa shape index (κ3) is 3.46. The molecule has 0 spiro atoms. The van der Waals surface area contributed by atoms with Crippen LogP contribution in [-0.4, -0.2) is 31.9 Å². The minimum absolute atomic E-state index is 0.0139. The lowest BCUT2D eigenvalue weighted by Crippen LogP contribution is -2.39. The Kier molecular flexibility index (Phi) is 4.66. The van der Waals surface area contributed by atoms with Crippen LogP contribution in [0.2, 0.25) is 0 Å². The van der Waals surface area contributed by atoms with Gasteiger partial charge in [-0.25, -0.2) is 13.9 Å². The highest BCUT2D eigenvalue weighted by molar-refractivity contribution is 5.93. The van der Waals surface area contributed by atoms with Gasteiger partial charge in [0.25, 0.3) is 5.91 Å². The van der Waals surface area contributed by atoms with E-state index in [9.17, 15) is 4.79 Å². The van der Waals surface area contributed by atoms with Crippen molar-refractivity contribution in [1.29, 1.82) is 0 Å². The van der Waals surface area contributed by atoms with E-state index in [4.69, 9.17) is 10.1 Å². The Hall–Kier alpha value is -3.54. The summed E-state index contributed by atoms with van der Waals surface area (Å²) in [6, 6.07) is 17.6. The van der Waals surface area contributed by atoms with Gasteiger partial charge >= 0.3 is 0 Å². The smallest absolute Gasteiger partial charge is 0.273 e. The van der Waals surface area contributed by atoms with E-state index >= 15 is 4.39 Å². The average molecular weight is 481 g/mol. The summed E-state index contributed by atoms with van der Waals surface area (Å²) in [6.07, 6.45) is 5.18. The number of amides is 1. The summed E-state index contributed by atoms with van der Waals surface area (Å²) in [5, 5.41) is 4.79. The Morgan fingerprint density at radius 1 is 1.08 bits per heavy atom. The lowest BCUT2D eigenvalue weighted by Gasteiger charge is -2.35. The number of hydrogen-bond donors (Lipinski definition) is 0. The molecule has 1 amide bonds. The van der Waals surface area contributed by atoms with E-state index in [1.807, 2.05) is 39.7 Å². The largest absolute Gasteiger partial charge is 0.330 e. The molecule has 182 valence electrons. The lowest BCUT2D eigenvalue weighted by molar-refractivity contribution is 0.0671. The second-order valence-electron chi connectivity index (χ2n) is 11.0. The molecule has 0 bridgehead atoms. The molecule has 2 aromatic heterocycles. The molecule has 2 fully saturated rings. The first-order valence-corrected chi connectivity index (χ1v) is 13.0. The number of halogens is 1. The lowest BCUT2D eigenvalue weighted by atomic mass is 9.93. The maximum atomic E-state index is 15.1. The van der Waals surface area contributed by atoms with Gasteiger partial charge in [0.05, 0.1) is 17.4 Å². The summed E-state index contributed by atoms with van der Waals surface area (Å²) in [6.45, 7) is 4.95. The monoisotopic (exact) mass is 480 g/mol. The van der Waals surface area contributed by atoms with Crippen molar-refractivity contribution in [2.75, 3.05) is 6.54 Å². The number of benzene rings is 2. The molecule has 2 aromatic carbocycles. The van der Waals surface area contributed by atoms with E-state index in [0.29, 0.717) is 35.1 Å². The maximum absolute atomic E-state index is 15.1. The van der Waals surface area contributed by atoms with Crippen molar-refractivity contribution in [3.8, 4) is 11.3 Å². The molecule has 7 rings (SSSR count). The summed E-state index contributed by atoms with van der Waals surface area (Å²) in [5.74, 6) is 0.183. The normalized spacial score (nSPS) is 20.4. The van der Waals surface area contributed by atoms with Crippen molar-refractivity contribution in [3.05, 3.63) is 88.5 Å². The number of fused-ring (bicyclic) bond motifs is 2. The zero-order chi connectivity index (χ0) is 24.6. The number of hydrogen-bond acceptors (Lipinski definition) is 3. The van der Waals surface area contributed by atoms with Crippen LogP contribution in [0.5, 0.6) is 0 Å². The van der Waals surface area contributed by atoms with Gasteiger partial charge in [0.15, 0.2) is 5.65 Å². The third-order valence-electron chi connectivity index (χ3n) is 8.44. The molecule has 1 unspecified atom stereocenters. The molecule has 3 aliphatic rings. The van der Waals surface area contributed by atoms with Crippen LogP contribution in [0.15, 0.2) is 54.6 Å². The summed E-state index contributed by atoms with van der Waals surface area (Å²) < 4.78 is 16.9. The Labute approximate surface area is 210 Å². The number of nitrogens with zero attached hydrogens (tertiary/aromatic N) is 4. The van der Waals surface area contributed by atoms with Crippen molar-refractivity contribution in [1.82, 2.24) is 19.5 Å².